The predicted octanol–water partition coefficient (Wildman–Crippen LogP) is 1.56. The molecule has 31 heavy (non-hydrogen) atoms. The lowest BCUT2D eigenvalue weighted by Gasteiger charge is -2.48. The van der Waals surface area contributed by atoms with E-state index in [-0.39, 0.29) is 5.91 Å². The molecule has 2 saturated heterocycles. The van der Waals surface area contributed by atoms with E-state index in [4.69, 9.17) is 18.0 Å². The quantitative estimate of drug-likeness (QED) is 0.363. The number of guanidine groups is 1. The summed E-state index contributed by atoms with van der Waals surface area (Å²) in [6, 6.07) is 1.92. The molecule has 10 heteroatoms. The number of aromatic nitrogens is 2. The molecule has 0 spiro atoms. The number of likely N-dealkylation sites (tertiary alicyclic amines) is 2. The summed E-state index contributed by atoms with van der Waals surface area (Å²) in [4.78, 5) is 30.5. The molecule has 0 atom stereocenters. The lowest BCUT2D eigenvalue weighted by molar-refractivity contribution is -0.134. The second kappa shape index (κ2) is 10.3. The molecule has 2 fully saturated rings. The zero-order valence-corrected chi connectivity index (χ0v) is 19.6. The summed E-state index contributed by atoms with van der Waals surface area (Å²) in [5.74, 6) is 0.854. The van der Waals surface area contributed by atoms with E-state index < -0.39 is 5.54 Å². The summed E-state index contributed by atoms with van der Waals surface area (Å²) >= 11 is 5.37. The van der Waals surface area contributed by atoms with Crippen molar-refractivity contribution in [3.63, 3.8) is 0 Å². The highest BCUT2D eigenvalue weighted by molar-refractivity contribution is 7.80. The first-order valence-electron chi connectivity index (χ1n) is 11.1. The average molecular weight is 447 g/mol. The zero-order chi connectivity index (χ0) is 22.4. The smallest absolute Gasteiger partial charge is 0.238 e. The van der Waals surface area contributed by atoms with E-state index in [9.17, 15) is 4.79 Å². The Morgan fingerprint density at radius 3 is 2.32 bits per heavy atom. The fourth-order valence-corrected chi connectivity index (χ4v) is 4.71. The summed E-state index contributed by atoms with van der Waals surface area (Å²) in [6.45, 7) is 9.68. The van der Waals surface area contributed by atoms with Crippen LogP contribution < -0.4 is 16.4 Å². The van der Waals surface area contributed by atoms with Crippen LogP contribution in [0.15, 0.2) is 11.1 Å². The van der Waals surface area contributed by atoms with Crippen molar-refractivity contribution in [3.8, 4) is 0 Å². The monoisotopic (exact) mass is 446 g/mol. The molecule has 4 N–H and O–H groups in total. The molecule has 1 aromatic rings. The number of aliphatic imine (C=N–C) groups is 1. The highest BCUT2D eigenvalue weighted by atomic mass is 32.1. The number of hydrogen-bond donors (Lipinski definition) is 3. The van der Waals surface area contributed by atoms with Crippen LogP contribution >= 0.6 is 12.2 Å². The Balaban J connectivity index is 1.80. The number of anilines is 1. The molecule has 0 aliphatic carbocycles. The van der Waals surface area contributed by atoms with Crippen molar-refractivity contribution in [1.29, 1.82) is 0 Å². The van der Waals surface area contributed by atoms with Gasteiger partial charge in [0.1, 0.15) is 5.54 Å². The number of thiocarbonyl (C=S) groups is 1. The number of carbonyl (C=O) groups excluding carboxylic acids is 1. The molecular formula is C21H34N8OS. The number of hydrogen-bond acceptors (Lipinski definition) is 5. The van der Waals surface area contributed by atoms with Gasteiger partial charge in [-0.2, -0.15) is 4.99 Å². The van der Waals surface area contributed by atoms with Crippen molar-refractivity contribution >= 4 is 35.1 Å². The summed E-state index contributed by atoms with van der Waals surface area (Å²) < 4.78 is 0. The third-order valence-electron chi connectivity index (χ3n) is 6.05. The lowest BCUT2D eigenvalue weighted by atomic mass is 9.83. The van der Waals surface area contributed by atoms with Crippen LogP contribution in [0.4, 0.5) is 5.95 Å². The Labute approximate surface area is 189 Å². The molecule has 1 amide bonds. The number of carbonyl (C=O) groups is 1. The van der Waals surface area contributed by atoms with Crippen LogP contribution in [0.1, 0.15) is 50.4 Å². The summed E-state index contributed by atoms with van der Waals surface area (Å²) in [5.41, 5.74) is 7.10. The highest BCUT2D eigenvalue weighted by Gasteiger charge is 2.45. The van der Waals surface area contributed by atoms with Crippen LogP contribution in [0.2, 0.25) is 0 Å². The molecule has 2 aliphatic heterocycles. The first kappa shape index (κ1) is 23.3. The second-order valence-electron chi connectivity index (χ2n) is 8.30. The first-order chi connectivity index (χ1) is 14.8. The molecule has 2 aliphatic rings. The van der Waals surface area contributed by atoms with Gasteiger partial charge in [0.25, 0.3) is 0 Å². The molecule has 0 saturated carbocycles. The normalized spacial score (nSPS) is 19.7. The van der Waals surface area contributed by atoms with E-state index in [0.717, 1.165) is 37.3 Å². The SMILES string of the molecule is CCNC(=S)/N=C(/Nc1nc(C)cc(C)n1)N1CCC(C(N)=O)(N2CCCCC2)CC1. The van der Waals surface area contributed by atoms with Crippen LogP contribution in [0.3, 0.4) is 0 Å². The minimum absolute atomic E-state index is 0.221. The molecule has 0 aromatic carbocycles. The number of nitrogens with one attached hydrogen (secondary N) is 2. The van der Waals surface area contributed by atoms with Crippen molar-refractivity contribution in [2.24, 2.45) is 10.7 Å². The number of nitrogens with two attached hydrogens (primary N) is 1. The number of primary amides is 1. The number of amides is 1. The number of rotatable bonds is 4. The summed E-state index contributed by atoms with van der Waals surface area (Å²) in [7, 11) is 0. The maximum atomic E-state index is 12.5. The fraction of sp³-hybridized carbons (Fsp3) is 0.667. The van der Waals surface area contributed by atoms with Gasteiger partial charge < -0.3 is 16.0 Å². The second-order valence-corrected chi connectivity index (χ2v) is 8.69. The van der Waals surface area contributed by atoms with E-state index in [1.165, 1.54) is 6.42 Å². The number of nitrogens with zero attached hydrogens (tertiary/aromatic N) is 5. The first-order valence-corrected chi connectivity index (χ1v) is 11.5. The van der Waals surface area contributed by atoms with Crippen LogP contribution in [0.25, 0.3) is 0 Å². The maximum absolute atomic E-state index is 12.5. The maximum Gasteiger partial charge on any atom is 0.238 e. The van der Waals surface area contributed by atoms with Gasteiger partial charge in [0.2, 0.25) is 17.8 Å². The van der Waals surface area contributed by atoms with Crippen LogP contribution in [0, 0.1) is 13.8 Å². The van der Waals surface area contributed by atoms with Gasteiger partial charge in [0.05, 0.1) is 0 Å². The van der Waals surface area contributed by atoms with Gasteiger partial charge in [-0.05, 0) is 77.8 Å². The summed E-state index contributed by atoms with van der Waals surface area (Å²) in [6.07, 6.45) is 4.77. The largest absolute Gasteiger partial charge is 0.368 e. The van der Waals surface area contributed by atoms with Crippen molar-refractivity contribution < 1.29 is 4.79 Å². The van der Waals surface area contributed by atoms with Gasteiger partial charge in [0, 0.05) is 31.0 Å². The minimum Gasteiger partial charge on any atom is -0.368 e. The van der Waals surface area contributed by atoms with Crippen molar-refractivity contribution in [3.05, 3.63) is 17.5 Å². The van der Waals surface area contributed by atoms with Gasteiger partial charge in [-0.3, -0.25) is 15.0 Å². The Morgan fingerprint density at radius 2 is 1.77 bits per heavy atom. The van der Waals surface area contributed by atoms with E-state index in [2.05, 4.69) is 35.4 Å². The lowest BCUT2D eigenvalue weighted by Crippen LogP contribution is -2.64. The van der Waals surface area contributed by atoms with Crippen molar-refractivity contribution in [1.82, 2.24) is 25.1 Å². The molecule has 3 rings (SSSR count). The highest BCUT2D eigenvalue weighted by Crippen LogP contribution is 2.31. The van der Waals surface area contributed by atoms with Gasteiger partial charge >= 0.3 is 0 Å². The average Bonchev–Trinajstić information content (AvgIpc) is 2.73. The standard InChI is InChI=1S/C21H34N8OS/c1-4-23-20(31)27-19(26-18-24-15(2)14-16(3)25-18)28-12-8-21(9-13-28,17(22)30)29-10-6-5-7-11-29/h14H,4-13H2,1-3H3,(H2,22,30)(H2,23,24,25,26,27,31). The minimum atomic E-state index is -0.583. The van der Waals surface area contributed by atoms with Crippen molar-refractivity contribution in [2.45, 2.75) is 58.4 Å². The Bertz CT molecular complexity index is 808. The molecular weight excluding hydrogens is 412 g/mol. The fourth-order valence-electron chi connectivity index (χ4n) is 4.48. The number of piperidine rings is 2. The van der Waals surface area contributed by atoms with E-state index in [0.29, 0.717) is 49.5 Å². The molecule has 0 unspecified atom stereocenters. The Hall–Kier alpha value is -2.33. The van der Waals surface area contributed by atoms with Crippen LogP contribution in [-0.2, 0) is 4.79 Å². The third kappa shape index (κ3) is 5.68. The van der Waals surface area contributed by atoms with Gasteiger partial charge in [-0.15, -0.1) is 0 Å². The zero-order valence-electron chi connectivity index (χ0n) is 18.8. The van der Waals surface area contributed by atoms with Crippen molar-refractivity contribution in [2.75, 3.05) is 38.0 Å². The van der Waals surface area contributed by atoms with E-state index in [1.807, 2.05) is 26.8 Å². The Morgan fingerprint density at radius 1 is 1.16 bits per heavy atom. The topological polar surface area (TPSA) is 112 Å². The molecule has 3 heterocycles. The molecule has 9 nitrogen and oxygen atoms in total. The molecule has 170 valence electrons. The predicted molar refractivity (Wildman–Crippen MR) is 127 cm³/mol. The molecule has 0 bridgehead atoms. The van der Waals surface area contributed by atoms with Crippen LogP contribution in [-0.4, -0.2) is 75.0 Å². The Kier molecular flexibility index (Phi) is 7.77. The molecule has 0 radical (unpaired) electrons. The van der Waals surface area contributed by atoms with Crippen LogP contribution in [0.5, 0.6) is 0 Å². The van der Waals surface area contributed by atoms with Gasteiger partial charge in [0.15, 0.2) is 5.11 Å². The van der Waals surface area contributed by atoms with E-state index in [1.54, 1.807) is 0 Å². The van der Waals surface area contributed by atoms with Gasteiger partial charge in [-0.1, -0.05) is 6.42 Å². The van der Waals surface area contributed by atoms with Gasteiger partial charge in [-0.25, -0.2) is 9.97 Å². The third-order valence-corrected chi connectivity index (χ3v) is 6.29. The van der Waals surface area contributed by atoms with E-state index >= 15 is 0 Å². The number of aryl methyl sites for hydroxylation is 2. The molecule has 1 aromatic heterocycles. The summed E-state index contributed by atoms with van der Waals surface area (Å²) in [5, 5.41) is 6.72.